The van der Waals surface area contributed by atoms with Crippen LogP contribution in [0.15, 0.2) is 18.5 Å². The standard InChI is InChI=1S/C9H10N2O/c1-6-3-7-8(11-5-10-7)4-9(6)12-2/h3-5H,1-2H3,(H,10,11). The van der Waals surface area contributed by atoms with Crippen molar-refractivity contribution in [1.29, 1.82) is 0 Å². The predicted octanol–water partition coefficient (Wildman–Crippen LogP) is 1.88. The van der Waals surface area contributed by atoms with Gasteiger partial charge in [-0.2, -0.15) is 0 Å². The molecule has 0 bridgehead atoms. The van der Waals surface area contributed by atoms with Crippen molar-refractivity contribution in [1.82, 2.24) is 9.97 Å². The summed E-state index contributed by atoms with van der Waals surface area (Å²) >= 11 is 0. The Hall–Kier alpha value is -1.51. The Morgan fingerprint density at radius 1 is 1.42 bits per heavy atom. The molecule has 0 fully saturated rings. The first-order valence-electron chi connectivity index (χ1n) is 3.79. The third-order valence-corrected chi connectivity index (χ3v) is 1.94. The molecule has 2 aromatic rings. The van der Waals surface area contributed by atoms with Crippen molar-refractivity contribution in [3.8, 4) is 5.75 Å². The molecule has 0 spiro atoms. The predicted molar refractivity (Wildman–Crippen MR) is 47.4 cm³/mol. The smallest absolute Gasteiger partial charge is 0.124 e. The van der Waals surface area contributed by atoms with Gasteiger partial charge in [-0.15, -0.1) is 0 Å². The number of nitrogens with zero attached hydrogens (tertiary/aromatic N) is 1. The lowest BCUT2D eigenvalue weighted by Gasteiger charge is -2.02. The Kier molecular flexibility index (Phi) is 1.50. The van der Waals surface area contributed by atoms with Gasteiger partial charge in [0.1, 0.15) is 5.75 Å². The minimum Gasteiger partial charge on any atom is -0.496 e. The lowest BCUT2D eigenvalue weighted by Crippen LogP contribution is -1.86. The van der Waals surface area contributed by atoms with E-state index < -0.39 is 0 Å². The number of aromatic amines is 1. The zero-order chi connectivity index (χ0) is 8.55. The van der Waals surface area contributed by atoms with E-state index in [1.807, 2.05) is 19.1 Å². The molecule has 3 nitrogen and oxygen atoms in total. The summed E-state index contributed by atoms with van der Waals surface area (Å²) in [5.41, 5.74) is 3.11. The first-order valence-corrected chi connectivity index (χ1v) is 3.79. The molecule has 1 N–H and O–H groups in total. The monoisotopic (exact) mass is 162 g/mol. The van der Waals surface area contributed by atoms with Gasteiger partial charge in [-0.05, 0) is 18.6 Å². The summed E-state index contributed by atoms with van der Waals surface area (Å²) in [6.07, 6.45) is 1.68. The summed E-state index contributed by atoms with van der Waals surface area (Å²) in [6.45, 7) is 2.01. The van der Waals surface area contributed by atoms with Crippen LogP contribution >= 0.6 is 0 Å². The number of ether oxygens (including phenoxy) is 1. The Bertz CT molecular complexity index is 406. The van der Waals surface area contributed by atoms with E-state index in [0.29, 0.717) is 0 Å². The maximum atomic E-state index is 5.17. The molecular formula is C9H10N2O. The molecule has 0 aliphatic rings. The van der Waals surface area contributed by atoms with Crippen molar-refractivity contribution in [2.24, 2.45) is 0 Å². The molecule has 0 unspecified atom stereocenters. The third kappa shape index (κ3) is 0.942. The molecule has 1 aromatic carbocycles. The Morgan fingerprint density at radius 2 is 2.25 bits per heavy atom. The molecule has 0 amide bonds. The van der Waals surface area contributed by atoms with Crippen molar-refractivity contribution in [2.75, 3.05) is 7.11 Å². The van der Waals surface area contributed by atoms with Crippen molar-refractivity contribution < 1.29 is 4.74 Å². The van der Waals surface area contributed by atoms with Crippen LogP contribution in [0.1, 0.15) is 5.56 Å². The highest BCUT2D eigenvalue weighted by Gasteiger charge is 2.01. The molecule has 3 heteroatoms. The zero-order valence-corrected chi connectivity index (χ0v) is 7.09. The molecule has 0 radical (unpaired) electrons. The van der Waals surface area contributed by atoms with Gasteiger partial charge in [-0.25, -0.2) is 4.98 Å². The highest BCUT2D eigenvalue weighted by molar-refractivity contribution is 5.77. The lowest BCUT2D eigenvalue weighted by atomic mass is 10.2. The first-order chi connectivity index (χ1) is 5.81. The van der Waals surface area contributed by atoms with E-state index in [4.69, 9.17) is 4.74 Å². The highest BCUT2D eigenvalue weighted by atomic mass is 16.5. The largest absolute Gasteiger partial charge is 0.496 e. The van der Waals surface area contributed by atoms with Crippen LogP contribution in [0.2, 0.25) is 0 Å². The van der Waals surface area contributed by atoms with Crippen molar-refractivity contribution in [3.63, 3.8) is 0 Å². The van der Waals surface area contributed by atoms with Crippen molar-refractivity contribution in [2.45, 2.75) is 6.92 Å². The van der Waals surface area contributed by atoms with Crippen LogP contribution in [0.4, 0.5) is 0 Å². The molecule has 0 saturated carbocycles. The number of hydrogen-bond donors (Lipinski definition) is 1. The van der Waals surface area contributed by atoms with Crippen molar-refractivity contribution in [3.05, 3.63) is 24.0 Å². The first kappa shape index (κ1) is 7.16. The zero-order valence-electron chi connectivity index (χ0n) is 7.09. The van der Waals surface area contributed by atoms with Crippen LogP contribution in [0.25, 0.3) is 11.0 Å². The molecule has 2 rings (SSSR count). The molecule has 0 atom stereocenters. The molecule has 62 valence electrons. The second kappa shape index (κ2) is 2.52. The SMILES string of the molecule is COc1cc2nc[nH]c2cc1C. The van der Waals surface area contributed by atoms with Crippen LogP contribution in [0.3, 0.4) is 0 Å². The number of aromatic nitrogens is 2. The van der Waals surface area contributed by atoms with Gasteiger partial charge < -0.3 is 9.72 Å². The van der Waals surface area contributed by atoms with E-state index in [1.165, 1.54) is 0 Å². The Morgan fingerprint density at radius 3 is 3.00 bits per heavy atom. The summed E-state index contributed by atoms with van der Waals surface area (Å²) in [4.78, 5) is 7.18. The number of benzene rings is 1. The van der Waals surface area contributed by atoms with Crippen LogP contribution < -0.4 is 4.74 Å². The average molecular weight is 162 g/mol. The third-order valence-electron chi connectivity index (χ3n) is 1.94. The van der Waals surface area contributed by atoms with Crippen LogP contribution in [-0.2, 0) is 0 Å². The summed E-state index contributed by atoms with van der Waals surface area (Å²) in [6, 6.07) is 3.96. The number of aryl methyl sites for hydroxylation is 1. The van der Waals surface area contributed by atoms with Gasteiger partial charge in [0.05, 0.1) is 24.5 Å². The van der Waals surface area contributed by atoms with Crippen LogP contribution in [0, 0.1) is 6.92 Å². The fourth-order valence-electron chi connectivity index (χ4n) is 1.29. The number of H-pyrrole nitrogens is 1. The lowest BCUT2D eigenvalue weighted by molar-refractivity contribution is 0.412. The van der Waals surface area contributed by atoms with Crippen LogP contribution in [-0.4, -0.2) is 17.1 Å². The quantitative estimate of drug-likeness (QED) is 0.695. The van der Waals surface area contributed by atoms with Gasteiger partial charge >= 0.3 is 0 Å². The molecule has 1 aromatic heterocycles. The van der Waals surface area contributed by atoms with Gasteiger partial charge in [-0.1, -0.05) is 0 Å². The molecular weight excluding hydrogens is 152 g/mol. The van der Waals surface area contributed by atoms with E-state index in [0.717, 1.165) is 22.3 Å². The molecule has 0 saturated heterocycles. The van der Waals surface area contributed by atoms with Gasteiger partial charge in [-0.3, -0.25) is 0 Å². The number of methoxy groups -OCH3 is 1. The fraction of sp³-hybridized carbons (Fsp3) is 0.222. The van der Waals surface area contributed by atoms with Gasteiger partial charge in [0, 0.05) is 6.07 Å². The molecule has 0 aliphatic carbocycles. The van der Waals surface area contributed by atoms with Crippen molar-refractivity contribution >= 4 is 11.0 Å². The number of imidazole rings is 1. The molecule has 1 heterocycles. The minimum atomic E-state index is 0.884. The maximum absolute atomic E-state index is 5.17. The van der Waals surface area contributed by atoms with E-state index >= 15 is 0 Å². The molecule has 0 aliphatic heterocycles. The number of fused-ring (bicyclic) bond motifs is 1. The highest BCUT2D eigenvalue weighted by Crippen LogP contribution is 2.22. The van der Waals surface area contributed by atoms with Gasteiger partial charge in [0.25, 0.3) is 0 Å². The fourth-order valence-corrected chi connectivity index (χ4v) is 1.29. The summed E-state index contributed by atoms with van der Waals surface area (Å²) in [7, 11) is 1.67. The van der Waals surface area contributed by atoms with Crippen LogP contribution in [0.5, 0.6) is 5.75 Å². The molecule has 12 heavy (non-hydrogen) atoms. The van der Waals surface area contributed by atoms with Gasteiger partial charge in [0.2, 0.25) is 0 Å². The topological polar surface area (TPSA) is 37.9 Å². The Balaban J connectivity index is 2.73. The van der Waals surface area contributed by atoms with Gasteiger partial charge in [0.15, 0.2) is 0 Å². The average Bonchev–Trinajstić information content (AvgIpc) is 2.49. The van der Waals surface area contributed by atoms with E-state index in [1.54, 1.807) is 13.4 Å². The summed E-state index contributed by atoms with van der Waals surface area (Å²) < 4.78 is 5.17. The second-order valence-electron chi connectivity index (χ2n) is 2.74. The number of rotatable bonds is 1. The normalized spacial score (nSPS) is 10.5. The van der Waals surface area contributed by atoms with E-state index in [-0.39, 0.29) is 0 Å². The Labute approximate surface area is 70.4 Å². The summed E-state index contributed by atoms with van der Waals surface area (Å²) in [5, 5.41) is 0. The van der Waals surface area contributed by atoms with E-state index in [2.05, 4.69) is 9.97 Å². The van der Waals surface area contributed by atoms with E-state index in [9.17, 15) is 0 Å². The second-order valence-corrected chi connectivity index (χ2v) is 2.74. The minimum absolute atomic E-state index is 0.884. The number of nitrogens with one attached hydrogen (secondary N) is 1. The maximum Gasteiger partial charge on any atom is 0.124 e. The summed E-state index contributed by atoms with van der Waals surface area (Å²) in [5.74, 6) is 0.884. The number of hydrogen-bond acceptors (Lipinski definition) is 2.